The Labute approximate surface area is 198 Å². The smallest absolute Gasteiger partial charge is 0.481 e. The highest BCUT2D eigenvalue weighted by molar-refractivity contribution is 6.67. The van der Waals surface area contributed by atoms with E-state index in [0.717, 1.165) is 10.7 Å². The van der Waals surface area contributed by atoms with E-state index in [1.54, 1.807) is 24.3 Å². The van der Waals surface area contributed by atoms with Crippen LogP contribution in [0.5, 0.6) is 5.75 Å². The Balaban J connectivity index is 2.38. The Morgan fingerprint density at radius 2 is 1.84 bits per heavy atom. The number of benzene rings is 2. The zero-order valence-corrected chi connectivity index (χ0v) is 18.8. The number of carboxylic acids is 1. The predicted octanol–water partition coefficient (Wildman–Crippen LogP) is 4.95. The number of carbonyl (C=O) groups is 2. The van der Waals surface area contributed by atoms with Crippen LogP contribution in [0.2, 0.25) is 0 Å². The lowest BCUT2D eigenvalue weighted by Gasteiger charge is -2.23. The molecule has 1 unspecified atom stereocenters. The number of aliphatic carboxylic acids is 1. The van der Waals surface area contributed by atoms with E-state index in [4.69, 9.17) is 49.1 Å². The van der Waals surface area contributed by atoms with E-state index in [1.807, 2.05) is 6.07 Å². The number of alkyl halides is 3. The Kier molecular flexibility index (Phi) is 9.31. The average molecular weight is 504 g/mol. The Morgan fingerprint density at radius 3 is 2.44 bits per heavy atom. The van der Waals surface area contributed by atoms with Crippen LogP contribution in [0.15, 0.2) is 53.6 Å². The monoisotopic (exact) mass is 502 g/mol. The lowest BCUT2D eigenvalue weighted by molar-refractivity contribution is -0.138. The van der Waals surface area contributed by atoms with Crippen LogP contribution in [0, 0.1) is 0 Å². The maximum atomic E-state index is 12.0. The summed E-state index contributed by atoms with van der Waals surface area (Å²) in [6, 6.07) is 13.2. The van der Waals surface area contributed by atoms with Crippen LogP contribution in [0.4, 0.5) is 10.5 Å². The molecule has 0 aliphatic carbocycles. The summed E-state index contributed by atoms with van der Waals surface area (Å²) in [6.07, 6.45) is 0.114. The number of ether oxygens (including phenoxy) is 2. The summed E-state index contributed by atoms with van der Waals surface area (Å²) in [7, 11) is 0. The topological polar surface area (TPSA) is 115 Å². The third kappa shape index (κ3) is 7.71. The number of anilines is 1. The first kappa shape index (κ1) is 25.5. The lowest BCUT2D eigenvalue weighted by Crippen LogP contribution is -2.23. The van der Waals surface area contributed by atoms with Crippen LogP contribution < -0.4 is 9.91 Å². The first-order chi connectivity index (χ1) is 15.1. The molecule has 0 radical (unpaired) electrons. The summed E-state index contributed by atoms with van der Waals surface area (Å²) >= 11 is 16.6. The van der Waals surface area contributed by atoms with E-state index in [9.17, 15) is 19.5 Å². The van der Waals surface area contributed by atoms with Gasteiger partial charge in [0.05, 0.1) is 11.6 Å². The van der Waals surface area contributed by atoms with E-state index >= 15 is 0 Å². The zero-order chi connectivity index (χ0) is 23.7. The highest BCUT2D eigenvalue weighted by Crippen LogP contribution is 2.37. The lowest BCUT2D eigenvalue weighted by atomic mass is 9.98. The maximum absolute atomic E-state index is 12.0. The van der Waals surface area contributed by atoms with Crippen molar-refractivity contribution >= 4 is 58.7 Å². The SMILES string of the molecule is CC(C(=O)O)c1c(OC(=O)OCC(Cl)(Cl)Cl)cccc1N(N=C=O)OCc1ccccc1. The second-order valence-corrected chi connectivity index (χ2v) is 8.74. The number of carbonyl (C=O) groups excluding carboxylic acids is 2. The van der Waals surface area contributed by atoms with Gasteiger partial charge < -0.3 is 14.6 Å². The molecule has 12 heteroatoms. The van der Waals surface area contributed by atoms with E-state index in [0.29, 0.717) is 0 Å². The van der Waals surface area contributed by atoms with Gasteiger partial charge in [0.15, 0.2) is 0 Å². The highest BCUT2D eigenvalue weighted by Gasteiger charge is 2.28. The van der Waals surface area contributed by atoms with Crippen LogP contribution in [0.1, 0.15) is 24.0 Å². The minimum Gasteiger partial charge on any atom is -0.481 e. The fourth-order valence-electron chi connectivity index (χ4n) is 2.51. The van der Waals surface area contributed by atoms with Gasteiger partial charge in [0.25, 0.3) is 6.08 Å². The number of hydrogen-bond acceptors (Lipinski definition) is 8. The summed E-state index contributed by atoms with van der Waals surface area (Å²) in [5, 5.41) is 13.8. The van der Waals surface area contributed by atoms with Crippen molar-refractivity contribution in [3.05, 3.63) is 59.7 Å². The fraction of sp³-hybridized carbons (Fsp3) is 0.250. The molecule has 2 aromatic rings. The van der Waals surface area contributed by atoms with Gasteiger partial charge in [-0.15, -0.1) is 5.17 Å². The van der Waals surface area contributed by atoms with Gasteiger partial charge in [-0.1, -0.05) is 76.3 Å². The third-order valence-corrected chi connectivity index (χ3v) is 4.25. The Hall–Kier alpha value is -2.81. The molecule has 0 aromatic heterocycles. The number of hydrazone groups is 1. The van der Waals surface area contributed by atoms with Crippen molar-refractivity contribution in [2.24, 2.45) is 5.10 Å². The van der Waals surface area contributed by atoms with Crippen LogP contribution in [0.3, 0.4) is 0 Å². The minimum absolute atomic E-state index is 0.00326. The zero-order valence-electron chi connectivity index (χ0n) is 16.5. The molecule has 1 N–H and O–H groups in total. The molecule has 32 heavy (non-hydrogen) atoms. The molecule has 0 aliphatic rings. The molecule has 0 heterocycles. The van der Waals surface area contributed by atoms with Gasteiger partial charge >= 0.3 is 12.1 Å². The van der Waals surface area contributed by atoms with Crippen LogP contribution in [-0.4, -0.2) is 33.7 Å². The number of carboxylic acid groups (broad SMARTS) is 1. The standard InChI is InChI=1S/C20H17Cl3N2O7/c1-13(18(27)28)17-15(25(24-12-26)31-10-14-6-3-2-4-7-14)8-5-9-16(17)32-19(29)30-11-20(21,22)23/h2-9,13H,10-11H2,1H3,(H,27,28). The molecule has 0 spiro atoms. The second kappa shape index (κ2) is 11.7. The van der Waals surface area contributed by atoms with Crippen LogP contribution in [0.25, 0.3) is 0 Å². The molecule has 0 saturated heterocycles. The molecular formula is C20H17Cl3N2O7. The number of isocyanates is 1. The molecule has 0 bridgehead atoms. The average Bonchev–Trinajstić information content (AvgIpc) is 2.75. The molecule has 1 atom stereocenters. The van der Waals surface area contributed by atoms with Crippen molar-refractivity contribution in [3.8, 4) is 5.75 Å². The third-order valence-electron chi connectivity index (χ3n) is 3.93. The Morgan fingerprint density at radius 1 is 1.16 bits per heavy atom. The molecule has 0 fully saturated rings. The number of rotatable bonds is 9. The first-order valence-corrected chi connectivity index (χ1v) is 10.1. The van der Waals surface area contributed by atoms with Gasteiger partial charge in [-0.05, 0) is 24.6 Å². The molecule has 170 valence electrons. The Bertz CT molecular complexity index is 992. The van der Waals surface area contributed by atoms with Gasteiger partial charge in [-0.25, -0.2) is 14.4 Å². The molecular weight excluding hydrogens is 487 g/mol. The van der Waals surface area contributed by atoms with Gasteiger partial charge in [0.2, 0.25) is 3.79 Å². The summed E-state index contributed by atoms with van der Waals surface area (Å²) in [6.45, 7) is 0.756. The van der Waals surface area contributed by atoms with Crippen molar-refractivity contribution in [1.82, 2.24) is 0 Å². The van der Waals surface area contributed by atoms with Gasteiger partial charge in [0.1, 0.15) is 19.0 Å². The number of halogens is 3. The molecule has 0 saturated carbocycles. The molecule has 0 amide bonds. The van der Waals surface area contributed by atoms with E-state index in [2.05, 4.69) is 5.10 Å². The fourth-order valence-corrected chi connectivity index (χ4v) is 2.67. The molecule has 2 aromatic carbocycles. The normalized spacial score (nSPS) is 11.8. The van der Waals surface area contributed by atoms with Crippen LogP contribution >= 0.6 is 34.8 Å². The molecule has 9 nitrogen and oxygen atoms in total. The van der Waals surface area contributed by atoms with E-state index in [1.165, 1.54) is 31.2 Å². The van der Waals surface area contributed by atoms with Crippen molar-refractivity contribution < 1.29 is 33.8 Å². The second-order valence-electron chi connectivity index (χ2n) is 6.23. The summed E-state index contributed by atoms with van der Waals surface area (Å²) in [5.74, 6) is -2.62. The predicted molar refractivity (Wildman–Crippen MR) is 117 cm³/mol. The van der Waals surface area contributed by atoms with E-state index < -0.39 is 28.4 Å². The summed E-state index contributed by atoms with van der Waals surface area (Å²) in [5.41, 5.74) is 0.776. The van der Waals surface area contributed by atoms with Gasteiger partial charge in [0, 0.05) is 5.56 Å². The van der Waals surface area contributed by atoms with Gasteiger partial charge in [-0.2, -0.15) is 0 Å². The molecule has 0 aliphatic heterocycles. The largest absolute Gasteiger partial charge is 0.514 e. The van der Waals surface area contributed by atoms with Gasteiger partial charge in [-0.3, -0.25) is 4.79 Å². The van der Waals surface area contributed by atoms with Crippen molar-refractivity contribution in [3.63, 3.8) is 0 Å². The maximum Gasteiger partial charge on any atom is 0.514 e. The highest BCUT2D eigenvalue weighted by atomic mass is 35.6. The van der Waals surface area contributed by atoms with Crippen molar-refractivity contribution in [1.29, 1.82) is 0 Å². The quantitative estimate of drug-likeness (QED) is 0.128. The van der Waals surface area contributed by atoms with Crippen molar-refractivity contribution in [2.75, 3.05) is 11.8 Å². The van der Waals surface area contributed by atoms with Crippen molar-refractivity contribution in [2.45, 2.75) is 23.2 Å². The first-order valence-electron chi connectivity index (χ1n) is 8.94. The number of nitrogens with zero attached hydrogens (tertiary/aromatic N) is 2. The summed E-state index contributed by atoms with van der Waals surface area (Å²) < 4.78 is 7.98. The minimum atomic E-state index is -1.86. The summed E-state index contributed by atoms with van der Waals surface area (Å²) in [4.78, 5) is 40.3. The van der Waals surface area contributed by atoms with Crippen LogP contribution in [-0.2, 0) is 25.8 Å². The number of hydrogen-bond donors (Lipinski definition) is 1. The van der Waals surface area contributed by atoms with E-state index in [-0.39, 0.29) is 23.6 Å². The molecule has 2 rings (SSSR count).